The van der Waals surface area contributed by atoms with E-state index in [-0.39, 0.29) is 5.41 Å². The van der Waals surface area contributed by atoms with Crippen LogP contribution in [0, 0.1) is 34.5 Å². The summed E-state index contributed by atoms with van der Waals surface area (Å²) in [4.78, 5) is 12.4. The normalized spacial score (nSPS) is 52.3. The van der Waals surface area contributed by atoms with Crippen molar-refractivity contribution in [3.63, 3.8) is 0 Å². The molecule has 1 nitrogen and oxygen atoms in total. The number of hydrogen-bond acceptors (Lipinski definition) is 1. The second-order valence-corrected chi connectivity index (χ2v) is 8.63. The molecule has 3 fully saturated rings. The van der Waals surface area contributed by atoms with E-state index < -0.39 is 0 Å². The third kappa shape index (κ3) is 1.72. The number of rotatable bonds is 0. The highest BCUT2D eigenvalue weighted by atomic mass is 16.1. The Bertz CT molecular complexity index is 530. The minimum atomic E-state index is 0.0202. The number of carbonyl (C=O) groups excluding carboxylic acids is 1. The first-order valence-corrected chi connectivity index (χ1v) is 8.85. The van der Waals surface area contributed by atoms with Crippen LogP contribution in [0.15, 0.2) is 24.3 Å². The molecule has 0 aromatic rings. The lowest BCUT2D eigenvalue weighted by atomic mass is 9.46. The van der Waals surface area contributed by atoms with Crippen molar-refractivity contribution in [2.45, 2.75) is 58.8 Å². The molecular formula is C20H28O. The molecule has 0 heterocycles. The molecule has 0 aromatic heterocycles. The molecule has 114 valence electrons. The Morgan fingerprint density at radius 2 is 1.95 bits per heavy atom. The molecule has 1 heteroatoms. The van der Waals surface area contributed by atoms with Crippen LogP contribution in [0.4, 0.5) is 0 Å². The first-order valence-electron chi connectivity index (χ1n) is 8.85. The van der Waals surface area contributed by atoms with Crippen molar-refractivity contribution in [3.8, 4) is 0 Å². The second-order valence-electron chi connectivity index (χ2n) is 8.63. The maximum Gasteiger partial charge on any atom is 0.139 e. The minimum absolute atomic E-state index is 0.0202. The molecule has 3 saturated carbocycles. The van der Waals surface area contributed by atoms with E-state index >= 15 is 0 Å². The predicted octanol–water partition coefficient (Wildman–Crippen LogP) is 4.93. The molecule has 0 radical (unpaired) electrons. The molecule has 0 aromatic carbocycles. The van der Waals surface area contributed by atoms with E-state index in [9.17, 15) is 4.79 Å². The van der Waals surface area contributed by atoms with Crippen LogP contribution in [0.2, 0.25) is 0 Å². The number of hydrogen-bond donors (Lipinski definition) is 0. The summed E-state index contributed by atoms with van der Waals surface area (Å²) >= 11 is 0. The lowest BCUT2D eigenvalue weighted by molar-refractivity contribution is -0.134. The first-order chi connectivity index (χ1) is 9.95. The second kappa shape index (κ2) is 4.33. The Kier molecular flexibility index (Phi) is 2.85. The number of Topliss-reactive ketones (excluding diaryl/α,β-unsaturated/α-hetero) is 1. The van der Waals surface area contributed by atoms with Crippen LogP contribution < -0.4 is 0 Å². The Hall–Kier alpha value is -0.850. The van der Waals surface area contributed by atoms with Gasteiger partial charge in [-0.3, -0.25) is 4.79 Å². The summed E-state index contributed by atoms with van der Waals surface area (Å²) in [5.41, 5.74) is 1.69. The van der Waals surface area contributed by atoms with E-state index in [1.807, 2.05) is 0 Å². The zero-order valence-electron chi connectivity index (χ0n) is 13.5. The fourth-order valence-electron chi connectivity index (χ4n) is 6.50. The van der Waals surface area contributed by atoms with E-state index in [2.05, 4.69) is 32.6 Å². The summed E-state index contributed by atoms with van der Waals surface area (Å²) in [6.45, 7) is 8.95. The molecule has 0 saturated heterocycles. The summed E-state index contributed by atoms with van der Waals surface area (Å²) in [5.74, 6) is 3.60. The van der Waals surface area contributed by atoms with Gasteiger partial charge >= 0.3 is 0 Å². The van der Waals surface area contributed by atoms with Crippen molar-refractivity contribution in [1.82, 2.24) is 0 Å². The monoisotopic (exact) mass is 284 g/mol. The molecule has 21 heavy (non-hydrogen) atoms. The lowest BCUT2D eigenvalue weighted by Crippen LogP contribution is -2.51. The van der Waals surface area contributed by atoms with E-state index in [4.69, 9.17) is 0 Å². The summed E-state index contributed by atoms with van der Waals surface area (Å²) in [6, 6.07) is 0. The van der Waals surface area contributed by atoms with Crippen LogP contribution in [0.1, 0.15) is 58.8 Å². The number of carbonyl (C=O) groups is 1. The molecule has 4 aliphatic rings. The topological polar surface area (TPSA) is 17.1 Å². The number of allylic oxidation sites excluding steroid dienone is 3. The van der Waals surface area contributed by atoms with E-state index in [0.29, 0.717) is 17.1 Å². The van der Waals surface area contributed by atoms with Crippen molar-refractivity contribution in [1.29, 1.82) is 0 Å². The quantitative estimate of drug-likeness (QED) is 0.616. The maximum absolute atomic E-state index is 12.4. The molecule has 6 atom stereocenters. The van der Waals surface area contributed by atoms with Gasteiger partial charge in [-0.15, -0.1) is 0 Å². The molecule has 0 N–H and O–H groups in total. The highest BCUT2D eigenvalue weighted by molar-refractivity contribution is 5.87. The fourth-order valence-corrected chi connectivity index (χ4v) is 6.50. The van der Waals surface area contributed by atoms with Gasteiger partial charge in [0.25, 0.3) is 0 Å². The van der Waals surface area contributed by atoms with Crippen molar-refractivity contribution >= 4 is 5.78 Å². The summed E-state index contributed by atoms with van der Waals surface area (Å²) in [7, 11) is 0. The highest BCUT2D eigenvalue weighted by Crippen LogP contribution is 2.64. The third-order valence-electron chi connectivity index (χ3n) is 7.86. The standard InChI is InChI=1S/C20H28O/c1-13-8-10-19(2)14(12-13)4-5-15-16-6-7-18(21)20(16,3)11-9-17(15)19/h8,10,14-17H,1,4-7,9,11-12H2,2-3H3/t14-,15-,16-,17-,19-,20-/m0/s1. The van der Waals surface area contributed by atoms with Gasteiger partial charge in [0.1, 0.15) is 5.78 Å². The molecular weight excluding hydrogens is 256 g/mol. The SMILES string of the molecule is C=C1C=C[C@@]2(C)[C@@H](CC[C@@H]3[C@@H]2CC[C@]2(C)C(=O)CC[C@@H]32)C1. The molecule has 0 bridgehead atoms. The average Bonchev–Trinajstić information content (AvgIpc) is 2.76. The van der Waals surface area contributed by atoms with Crippen LogP contribution in [0.25, 0.3) is 0 Å². The Balaban J connectivity index is 1.70. The van der Waals surface area contributed by atoms with Crippen LogP contribution >= 0.6 is 0 Å². The fraction of sp³-hybridized carbons (Fsp3) is 0.750. The molecule has 4 rings (SSSR count). The Morgan fingerprint density at radius 3 is 2.76 bits per heavy atom. The van der Waals surface area contributed by atoms with Gasteiger partial charge in [0.15, 0.2) is 0 Å². The summed E-state index contributed by atoms with van der Waals surface area (Å²) in [5, 5.41) is 0. The van der Waals surface area contributed by atoms with Gasteiger partial charge in [-0.1, -0.05) is 38.2 Å². The van der Waals surface area contributed by atoms with E-state index in [1.54, 1.807) is 0 Å². The summed E-state index contributed by atoms with van der Waals surface area (Å²) in [6.07, 6.45) is 13.0. The molecule has 0 unspecified atom stereocenters. The van der Waals surface area contributed by atoms with Gasteiger partial charge in [0, 0.05) is 11.8 Å². The smallest absolute Gasteiger partial charge is 0.139 e. The largest absolute Gasteiger partial charge is 0.299 e. The van der Waals surface area contributed by atoms with Gasteiger partial charge in [0.05, 0.1) is 0 Å². The molecule has 0 amide bonds. The Morgan fingerprint density at radius 1 is 1.14 bits per heavy atom. The maximum atomic E-state index is 12.4. The molecule has 0 spiro atoms. The average molecular weight is 284 g/mol. The summed E-state index contributed by atoms with van der Waals surface area (Å²) < 4.78 is 0. The van der Waals surface area contributed by atoms with Gasteiger partial charge in [0.2, 0.25) is 0 Å². The van der Waals surface area contributed by atoms with E-state index in [0.717, 1.165) is 37.0 Å². The number of fused-ring (bicyclic) bond motifs is 5. The lowest BCUT2D eigenvalue weighted by Gasteiger charge is -2.58. The molecule has 4 aliphatic carbocycles. The van der Waals surface area contributed by atoms with Crippen molar-refractivity contribution in [2.24, 2.45) is 34.5 Å². The Labute approximate surface area is 128 Å². The van der Waals surface area contributed by atoms with E-state index in [1.165, 1.54) is 31.3 Å². The zero-order valence-corrected chi connectivity index (χ0v) is 13.5. The van der Waals surface area contributed by atoms with Crippen LogP contribution in [-0.2, 0) is 4.79 Å². The number of ketones is 1. The first kappa shape index (κ1) is 13.8. The molecule has 0 aliphatic heterocycles. The van der Waals surface area contributed by atoms with Gasteiger partial charge in [-0.05, 0) is 67.6 Å². The van der Waals surface area contributed by atoms with Crippen LogP contribution in [-0.4, -0.2) is 5.78 Å². The van der Waals surface area contributed by atoms with Crippen molar-refractivity contribution in [2.75, 3.05) is 0 Å². The van der Waals surface area contributed by atoms with Crippen molar-refractivity contribution < 1.29 is 4.79 Å². The minimum Gasteiger partial charge on any atom is -0.299 e. The van der Waals surface area contributed by atoms with Crippen LogP contribution in [0.5, 0.6) is 0 Å². The van der Waals surface area contributed by atoms with Crippen molar-refractivity contribution in [3.05, 3.63) is 24.3 Å². The third-order valence-corrected chi connectivity index (χ3v) is 7.86. The van der Waals surface area contributed by atoms with Gasteiger partial charge in [-0.25, -0.2) is 0 Å². The van der Waals surface area contributed by atoms with Crippen LogP contribution in [0.3, 0.4) is 0 Å². The zero-order chi connectivity index (χ0) is 14.8. The predicted molar refractivity (Wildman–Crippen MR) is 85.8 cm³/mol. The highest BCUT2D eigenvalue weighted by Gasteiger charge is 2.59. The van der Waals surface area contributed by atoms with Gasteiger partial charge < -0.3 is 0 Å². The van der Waals surface area contributed by atoms with Gasteiger partial charge in [-0.2, -0.15) is 0 Å².